The fraction of sp³-hybridized carbons (Fsp3) is 0.182. The molecule has 10 aromatic rings. The Morgan fingerprint density at radius 3 is 1.42 bits per heavy atom. The summed E-state index contributed by atoms with van der Waals surface area (Å²) in [5, 5.41) is 6.54. The Bertz CT molecular complexity index is 3590. The first kappa shape index (κ1) is 53.5. The van der Waals surface area contributed by atoms with E-state index in [1.165, 1.54) is 6.33 Å². The lowest BCUT2D eigenvalue weighted by Crippen LogP contribution is -2.43. The number of anilines is 3. The number of hydrogen-bond acceptors (Lipinski definition) is 13. The van der Waals surface area contributed by atoms with Crippen LogP contribution in [0.25, 0.3) is 11.2 Å². The number of aromatic nitrogens is 4. The van der Waals surface area contributed by atoms with Crippen molar-refractivity contribution < 1.29 is 42.7 Å². The van der Waals surface area contributed by atoms with Gasteiger partial charge < -0.3 is 48.5 Å². The van der Waals surface area contributed by atoms with Crippen LogP contribution in [-0.2, 0) is 25.4 Å². The van der Waals surface area contributed by atoms with Gasteiger partial charge in [0.25, 0.3) is 5.91 Å². The van der Waals surface area contributed by atoms with E-state index in [1.54, 1.807) is 59.8 Å². The molecule has 0 unspecified atom stereocenters. The Labute approximate surface area is 470 Å². The number of rotatable bonds is 21. The molecule has 11 rings (SSSR count). The molecule has 3 heterocycles. The summed E-state index contributed by atoms with van der Waals surface area (Å²) >= 11 is 0. The van der Waals surface area contributed by atoms with Gasteiger partial charge in [-0.3, -0.25) is 9.36 Å². The fourth-order valence-corrected chi connectivity index (χ4v) is 10.6. The van der Waals surface area contributed by atoms with Crippen molar-refractivity contribution in [3.05, 3.63) is 258 Å². The number of carbonyl (C=O) groups excluding carboxylic acids is 1. The van der Waals surface area contributed by atoms with Gasteiger partial charge in [0.15, 0.2) is 17.0 Å². The number of carbonyl (C=O) groups is 1. The maximum Gasteiger partial charge on any atom is 0.256 e. The average Bonchev–Trinajstić information content (AvgIpc) is 4.25. The van der Waals surface area contributed by atoms with Gasteiger partial charge in [0.05, 0.1) is 48.3 Å². The number of benzene rings is 8. The van der Waals surface area contributed by atoms with E-state index in [-0.39, 0.29) is 24.8 Å². The number of methoxy groups -OCH3 is 5. The molecule has 81 heavy (non-hydrogen) atoms. The summed E-state index contributed by atoms with van der Waals surface area (Å²) in [6, 6.07) is 68.5. The molecule has 0 radical (unpaired) electrons. The number of nitrogens with one attached hydrogen (secondary N) is 2. The number of ether oxygens (including phenoxy) is 8. The lowest BCUT2D eigenvalue weighted by atomic mass is 9.79. The third-order valence-electron chi connectivity index (χ3n) is 14.7. The molecule has 0 spiro atoms. The standard InChI is InChI=1S/C66H60N6O9/c1-74-52-31-21-47(22-32-52)65(45-17-11-7-12-18-45,48-23-33-53(75-2)34-24-48)79-42-58-57(81-66(46-19-13-8-14-20-46,49-25-35-54(76-3)36-26-49)50-27-37-55(77-4)38-28-50)41-59(80-58)72-62-60(70-64(72)69-51-29-39-56(78-5)40-30-51)61(67-43-68-62)71-63(73)44-15-9-6-10-16-44/h6-40,43,57-59H,41-42H2,1-5H3,(H,69,70)(H,67,68,71,73)/t57-,58+,59+/m0/s1. The van der Waals surface area contributed by atoms with Crippen LogP contribution < -0.4 is 34.3 Å². The molecule has 8 aromatic carbocycles. The molecule has 2 N–H and O–H groups in total. The van der Waals surface area contributed by atoms with Crippen LogP contribution in [0.3, 0.4) is 0 Å². The van der Waals surface area contributed by atoms with Gasteiger partial charge in [0.1, 0.15) is 58.6 Å². The van der Waals surface area contributed by atoms with Gasteiger partial charge in [-0.15, -0.1) is 0 Å². The topological polar surface area (TPSA) is 159 Å². The van der Waals surface area contributed by atoms with Crippen LogP contribution in [0, 0.1) is 0 Å². The molecule has 2 aromatic heterocycles. The van der Waals surface area contributed by atoms with E-state index in [2.05, 4.69) is 39.9 Å². The van der Waals surface area contributed by atoms with Crippen molar-refractivity contribution in [3.8, 4) is 28.7 Å². The number of amides is 1. The summed E-state index contributed by atoms with van der Waals surface area (Å²) in [5.74, 6) is 3.66. The quantitative estimate of drug-likeness (QED) is 0.0656. The number of fused-ring (bicyclic) bond motifs is 1. The van der Waals surface area contributed by atoms with Crippen LogP contribution in [0.4, 0.5) is 17.5 Å². The highest BCUT2D eigenvalue weighted by molar-refractivity contribution is 6.07. The van der Waals surface area contributed by atoms with Crippen molar-refractivity contribution in [2.24, 2.45) is 0 Å². The molecule has 1 amide bonds. The molecule has 0 bridgehead atoms. The van der Waals surface area contributed by atoms with Gasteiger partial charge in [-0.25, -0.2) is 15.0 Å². The Morgan fingerprint density at radius 2 is 0.951 bits per heavy atom. The second-order valence-corrected chi connectivity index (χ2v) is 19.2. The van der Waals surface area contributed by atoms with E-state index >= 15 is 0 Å². The number of hydrogen-bond donors (Lipinski definition) is 2. The van der Waals surface area contributed by atoms with E-state index < -0.39 is 29.6 Å². The molecule has 0 aliphatic carbocycles. The monoisotopic (exact) mass is 1080 g/mol. The SMILES string of the molecule is COc1ccc(Nc2nc3c(NC(=O)c4ccccc4)ncnc3n2[C@H]2C[C@H](OC(c3ccccc3)(c3ccc(OC)cc3)c3ccc(OC)cc3)[C@@H](COC(c3ccccc3)(c3ccc(OC)cc3)c3ccc(OC)cc3)O2)cc1. The summed E-state index contributed by atoms with van der Waals surface area (Å²) in [4.78, 5) is 28.4. The Balaban J connectivity index is 1.10. The number of nitrogens with zero attached hydrogens (tertiary/aromatic N) is 4. The molecule has 408 valence electrons. The van der Waals surface area contributed by atoms with Crippen LogP contribution in [0.15, 0.2) is 219 Å². The molecule has 1 saturated heterocycles. The first-order chi connectivity index (χ1) is 39.8. The average molecular weight is 1080 g/mol. The minimum absolute atomic E-state index is 0.00848. The summed E-state index contributed by atoms with van der Waals surface area (Å²) in [7, 11) is 8.22. The van der Waals surface area contributed by atoms with E-state index in [4.69, 9.17) is 47.9 Å². The predicted octanol–water partition coefficient (Wildman–Crippen LogP) is 12.5. The highest BCUT2D eigenvalue weighted by Gasteiger charge is 2.49. The van der Waals surface area contributed by atoms with E-state index in [9.17, 15) is 4.79 Å². The Hall–Kier alpha value is -9.54. The molecular formula is C66H60N6O9. The molecule has 1 aliphatic heterocycles. The largest absolute Gasteiger partial charge is 0.497 e. The van der Waals surface area contributed by atoms with Crippen LogP contribution >= 0.6 is 0 Å². The molecule has 1 fully saturated rings. The molecule has 3 atom stereocenters. The van der Waals surface area contributed by atoms with Crippen molar-refractivity contribution >= 4 is 34.5 Å². The highest BCUT2D eigenvalue weighted by Crippen LogP contribution is 2.49. The third kappa shape index (κ3) is 10.7. The molecule has 0 saturated carbocycles. The Kier molecular flexibility index (Phi) is 15.7. The first-order valence-corrected chi connectivity index (χ1v) is 26.4. The van der Waals surface area contributed by atoms with Crippen LogP contribution in [0.2, 0.25) is 0 Å². The van der Waals surface area contributed by atoms with Gasteiger partial charge >= 0.3 is 0 Å². The van der Waals surface area contributed by atoms with Crippen molar-refractivity contribution in [2.75, 3.05) is 52.8 Å². The normalized spacial score (nSPS) is 15.2. The van der Waals surface area contributed by atoms with E-state index in [0.29, 0.717) is 57.1 Å². The highest BCUT2D eigenvalue weighted by atomic mass is 16.6. The molecule has 1 aliphatic rings. The molecular weight excluding hydrogens is 1020 g/mol. The summed E-state index contributed by atoms with van der Waals surface area (Å²) in [6.07, 6.45) is -0.718. The van der Waals surface area contributed by atoms with E-state index in [1.807, 2.05) is 168 Å². The second kappa shape index (κ2) is 23.8. The molecule has 15 nitrogen and oxygen atoms in total. The van der Waals surface area contributed by atoms with Gasteiger partial charge in [-0.2, -0.15) is 0 Å². The predicted molar refractivity (Wildman–Crippen MR) is 310 cm³/mol. The maximum absolute atomic E-state index is 13.8. The fourth-order valence-electron chi connectivity index (χ4n) is 10.6. The zero-order valence-electron chi connectivity index (χ0n) is 45.4. The Morgan fingerprint density at radius 1 is 0.531 bits per heavy atom. The van der Waals surface area contributed by atoms with Crippen LogP contribution in [0.1, 0.15) is 56.4 Å². The second-order valence-electron chi connectivity index (χ2n) is 19.2. The van der Waals surface area contributed by atoms with Crippen LogP contribution in [0.5, 0.6) is 28.7 Å². The van der Waals surface area contributed by atoms with Gasteiger partial charge in [-0.1, -0.05) is 127 Å². The van der Waals surface area contributed by atoms with Gasteiger partial charge in [-0.05, 0) is 118 Å². The van der Waals surface area contributed by atoms with Crippen molar-refractivity contribution in [1.82, 2.24) is 19.5 Å². The first-order valence-electron chi connectivity index (χ1n) is 26.4. The summed E-state index contributed by atoms with van der Waals surface area (Å²) in [5.41, 5.74) is 4.46. The van der Waals surface area contributed by atoms with E-state index in [0.717, 1.165) is 33.4 Å². The summed E-state index contributed by atoms with van der Waals surface area (Å²) in [6.45, 7) is -0.00848. The minimum Gasteiger partial charge on any atom is -0.497 e. The minimum atomic E-state index is -1.28. The van der Waals surface area contributed by atoms with Gasteiger partial charge in [0, 0.05) is 17.7 Å². The van der Waals surface area contributed by atoms with Crippen molar-refractivity contribution in [1.29, 1.82) is 0 Å². The van der Waals surface area contributed by atoms with Gasteiger partial charge in [0.2, 0.25) is 5.95 Å². The smallest absolute Gasteiger partial charge is 0.256 e. The lowest BCUT2D eigenvalue weighted by molar-refractivity contribution is -0.125. The number of imidazole rings is 1. The van der Waals surface area contributed by atoms with Crippen molar-refractivity contribution in [2.45, 2.75) is 36.1 Å². The zero-order valence-corrected chi connectivity index (χ0v) is 45.4. The van der Waals surface area contributed by atoms with Crippen LogP contribution in [-0.4, -0.2) is 79.8 Å². The maximum atomic E-state index is 13.8. The third-order valence-corrected chi connectivity index (χ3v) is 14.7. The molecule has 15 heteroatoms. The van der Waals surface area contributed by atoms with Crippen molar-refractivity contribution in [3.63, 3.8) is 0 Å². The lowest BCUT2D eigenvalue weighted by Gasteiger charge is -2.40. The zero-order chi connectivity index (χ0) is 55.8. The summed E-state index contributed by atoms with van der Waals surface area (Å²) < 4.78 is 53.5.